The Labute approximate surface area is 233 Å². The molecule has 1 aromatic carbocycles. The molecule has 3 N–H and O–H groups in total. The number of nitrogens with zero attached hydrogens (tertiary/aromatic N) is 1. The molecule has 0 unspecified atom stereocenters. The van der Waals surface area contributed by atoms with Crippen molar-refractivity contribution in [2.24, 2.45) is 11.8 Å². The molecule has 1 fully saturated rings. The second kappa shape index (κ2) is 16.2. The van der Waals surface area contributed by atoms with Crippen LogP contribution in [0.15, 0.2) is 42.5 Å². The van der Waals surface area contributed by atoms with E-state index in [0.29, 0.717) is 44.7 Å². The van der Waals surface area contributed by atoms with Gasteiger partial charge in [0.05, 0.1) is 25.8 Å². The van der Waals surface area contributed by atoms with Gasteiger partial charge in [-0.1, -0.05) is 64.6 Å². The number of morpholine rings is 1. The number of rotatable bonds is 15. The molecule has 9 nitrogen and oxygen atoms in total. The number of ether oxygens (including phenoxy) is 1. The van der Waals surface area contributed by atoms with Gasteiger partial charge in [-0.15, -0.1) is 0 Å². The molecule has 0 aromatic heterocycles. The van der Waals surface area contributed by atoms with Crippen molar-refractivity contribution in [1.82, 2.24) is 20.9 Å². The van der Waals surface area contributed by atoms with Gasteiger partial charge in [-0.05, 0) is 42.7 Å². The van der Waals surface area contributed by atoms with Gasteiger partial charge in [0, 0.05) is 19.5 Å². The number of benzene rings is 1. The van der Waals surface area contributed by atoms with Crippen LogP contribution in [0.1, 0.15) is 53.0 Å². The fraction of sp³-hybridized carbons (Fsp3) is 0.600. The maximum absolute atomic E-state index is 13.5. The van der Waals surface area contributed by atoms with E-state index in [1.54, 1.807) is 6.92 Å². The maximum Gasteiger partial charge on any atom is 0.243 e. The summed E-state index contributed by atoms with van der Waals surface area (Å²) >= 11 is 0. The summed E-state index contributed by atoms with van der Waals surface area (Å²) in [7, 11) is 0. The van der Waals surface area contributed by atoms with Gasteiger partial charge in [0.15, 0.2) is 5.78 Å². The molecule has 1 saturated heterocycles. The van der Waals surface area contributed by atoms with E-state index in [2.05, 4.69) is 22.5 Å². The van der Waals surface area contributed by atoms with Crippen LogP contribution in [-0.4, -0.2) is 79.4 Å². The summed E-state index contributed by atoms with van der Waals surface area (Å²) in [4.78, 5) is 54.6. The summed E-state index contributed by atoms with van der Waals surface area (Å²) in [5.74, 6) is -1.05. The van der Waals surface area contributed by atoms with Crippen LogP contribution in [0.5, 0.6) is 0 Å². The van der Waals surface area contributed by atoms with Crippen molar-refractivity contribution in [2.75, 3.05) is 32.8 Å². The molecule has 39 heavy (non-hydrogen) atoms. The van der Waals surface area contributed by atoms with Crippen LogP contribution in [0.25, 0.3) is 0 Å². The van der Waals surface area contributed by atoms with E-state index < -0.39 is 29.9 Å². The van der Waals surface area contributed by atoms with E-state index in [9.17, 15) is 19.2 Å². The Kier molecular flexibility index (Phi) is 13.3. The number of hydrogen-bond acceptors (Lipinski definition) is 6. The Bertz CT molecular complexity index is 973. The zero-order valence-electron chi connectivity index (χ0n) is 24.1. The minimum atomic E-state index is -0.932. The molecule has 3 atom stereocenters. The second-order valence-corrected chi connectivity index (χ2v) is 11.2. The smallest absolute Gasteiger partial charge is 0.243 e. The summed E-state index contributed by atoms with van der Waals surface area (Å²) in [6.45, 7) is 15.9. The lowest BCUT2D eigenvalue weighted by Gasteiger charge is -2.28. The Balaban J connectivity index is 2.20. The first-order chi connectivity index (χ1) is 18.5. The predicted octanol–water partition coefficient (Wildman–Crippen LogP) is 2.25. The van der Waals surface area contributed by atoms with Gasteiger partial charge in [-0.25, -0.2) is 0 Å². The average Bonchev–Trinajstić information content (AvgIpc) is 2.87. The molecule has 0 spiro atoms. The number of nitrogens with one attached hydrogen (secondary N) is 3. The Hall–Kier alpha value is -3.04. The molecule has 0 saturated carbocycles. The fourth-order valence-corrected chi connectivity index (χ4v) is 4.51. The van der Waals surface area contributed by atoms with Crippen molar-refractivity contribution in [1.29, 1.82) is 0 Å². The lowest BCUT2D eigenvalue weighted by atomic mass is 9.96. The zero-order chi connectivity index (χ0) is 28.9. The molecule has 216 valence electrons. The van der Waals surface area contributed by atoms with Crippen LogP contribution in [0.3, 0.4) is 0 Å². The standard InChI is InChI=1S/C30H46N4O5/c1-20(2)16-24(28(36)22(5)6)32-30(38)26(18-23-10-8-7-9-11-23)33-29(37)25(17-21(3)4)31-27(35)19-34-12-14-39-15-13-34/h7-11,20-21,24-26H,5,12-19H2,1-4,6H3,(H,31,35)(H,32,38)(H,33,37)/t24-,25-,26-/m0/s1. The highest BCUT2D eigenvalue weighted by atomic mass is 16.5. The highest BCUT2D eigenvalue weighted by Crippen LogP contribution is 2.12. The normalized spacial score (nSPS) is 16.3. The molecule has 1 aliphatic heterocycles. The van der Waals surface area contributed by atoms with Crippen molar-refractivity contribution in [3.05, 3.63) is 48.0 Å². The van der Waals surface area contributed by atoms with E-state index >= 15 is 0 Å². The monoisotopic (exact) mass is 542 g/mol. The van der Waals surface area contributed by atoms with Crippen molar-refractivity contribution < 1.29 is 23.9 Å². The molecular weight excluding hydrogens is 496 g/mol. The van der Waals surface area contributed by atoms with Crippen LogP contribution < -0.4 is 16.0 Å². The number of Topliss-reactive ketones (excluding diaryl/α,β-unsaturated/α-hetero) is 1. The molecule has 3 amide bonds. The summed E-state index contributed by atoms with van der Waals surface area (Å²) < 4.78 is 5.34. The molecule has 0 aliphatic carbocycles. The molecular formula is C30H46N4O5. The maximum atomic E-state index is 13.5. The van der Waals surface area contributed by atoms with Gasteiger partial charge >= 0.3 is 0 Å². The predicted molar refractivity (Wildman–Crippen MR) is 152 cm³/mol. The van der Waals surface area contributed by atoms with Gasteiger partial charge in [-0.2, -0.15) is 0 Å². The Morgan fingerprint density at radius 3 is 1.95 bits per heavy atom. The third kappa shape index (κ3) is 11.7. The lowest BCUT2D eigenvalue weighted by molar-refractivity contribution is -0.133. The molecule has 1 aliphatic rings. The number of ketones is 1. The quantitative estimate of drug-likeness (QED) is 0.293. The summed E-state index contributed by atoms with van der Waals surface area (Å²) in [5.41, 5.74) is 1.23. The summed E-state index contributed by atoms with van der Waals surface area (Å²) in [5, 5.41) is 8.61. The third-order valence-corrected chi connectivity index (χ3v) is 6.51. The van der Waals surface area contributed by atoms with Crippen LogP contribution in [0.2, 0.25) is 0 Å². The van der Waals surface area contributed by atoms with Gasteiger partial charge < -0.3 is 20.7 Å². The second-order valence-electron chi connectivity index (χ2n) is 11.2. The molecule has 1 aromatic rings. The highest BCUT2D eigenvalue weighted by Gasteiger charge is 2.31. The number of carbonyl (C=O) groups is 4. The van der Waals surface area contributed by atoms with Gasteiger partial charge in [-0.3, -0.25) is 24.1 Å². The first-order valence-corrected chi connectivity index (χ1v) is 13.9. The first kappa shape index (κ1) is 32.2. The topological polar surface area (TPSA) is 117 Å². The van der Waals surface area contributed by atoms with E-state index in [4.69, 9.17) is 4.74 Å². The SMILES string of the molecule is C=C(C)C(=O)[C@H](CC(C)C)NC(=O)[C@H](Cc1ccccc1)NC(=O)[C@H](CC(C)C)NC(=O)CN1CCOCC1. The molecule has 0 radical (unpaired) electrons. The summed E-state index contributed by atoms with van der Waals surface area (Å²) in [6, 6.07) is 6.91. The third-order valence-electron chi connectivity index (χ3n) is 6.51. The van der Waals surface area contributed by atoms with Gasteiger partial charge in [0.2, 0.25) is 17.7 Å². The average molecular weight is 543 g/mol. The number of hydrogen-bond donors (Lipinski definition) is 3. The highest BCUT2D eigenvalue weighted by molar-refractivity contribution is 6.01. The van der Waals surface area contributed by atoms with E-state index in [0.717, 1.165) is 5.56 Å². The van der Waals surface area contributed by atoms with Gasteiger partial charge in [0.1, 0.15) is 12.1 Å². The first-order valence-electron chi connectivity index (χ1n) is 13.9. The molecule has 2 rings (SSSR count). The van der Waals surface area contributed by atoms with Crippen molar-refractivity contribution in [2.45, 2.75) is 72.0 Å². The lowest BCUT2D eigenvalue weighted by Crippen LogP contribution is -2.57. The van der Waals surface area contributed by atoms with Crippen LogP contribution in [-0.2, 0) is 30.3 Å². The van der Waals surface area contributed by atoms with Crippen molar-refractivity contribution >= 4 is 23.5 Å². The zero-order valence-corrected chi connectivity index (χ0v) is 24.1. The minimum Gasteiger partial charge on any atom is -0.379 e. The van der Waals surface area contributed by atoms with Crippen LogP contribution in [0, 0.1) is 11.8 Å². The van der Waals surface area contributed by atoms with Crippen LogP contribution in [0.4, 0.5) is 0 Å². The van der Waals surface area contributed by atoms with E-state index in [1.165, 1.54) is 0 Å². The minimum absolute atomic E-state index is 0.134. The summed E-state index contributed by atoms with van der Waals surface area (Å²) in [6.07, 6.45) is 1.12. The number of carbonyl (C=O) groups excluding carboxylic acids is 4. The van der Waals surface area contributed by atoms with Crippen molar-refractivity contribution in [3.8, 4) is 0 Å². The molecule has 0 bridgehead atoms. The van der Waals surface area contributed by atoms with E-state index in [1.807, 2.05) is 62.9 Å². The van der Waals surface area contributed by atoms with Crippen LogP contribution >= 0.6 is 0 Å². The van der Waals surface area contributed by atoms with E-state index in [-0.39, 0.29) is 36.5 Å². The molecule has 9 heteroatoms. The Morgan fingerprint density at radius 2 is 1.38 bits per heavy atom. The largest absolute Gasteiger partial charge is 0.379 e. The molecule has 1 heterocycles. The Morgan fingerprint density at radius 1 is 0.846 bits per heavy atom. The number of amides is 3. The fourth-order valence-electron chi connectivity index (χ4n) is 4.51. The van der Waals surface area contributed by atoms with Crippen molar-refractivity contribution in [3.63, 3.8) is 0 Å². The van der Waals surface area contributed by atoms with Gasteiger partial charge in [0.25, 0.3) is 0 Å².